The molecule has 0 saturated carbocycles. The lowest BCUT2D eigenvalue weighted by Crippen LogP contribution is -2.15. The van der Waals surface area contributed by atoms with Crippen molar-refractivity contribution in [1.29, 1.82) is 0 Å². The van der Waals surface area contributed by atoms with Crippen LogP contribution in [0.2, 0.25) is 0 Å². The van der Waals surface area contributed by atoms with E-state index in [0.29, 0.717) is 11.4 Å². The first kappa shape index (κ1) is 14.8. The summed E-state index contributed by atoms with van der Waals surface area (Å²) in [5, 5.41) is 0. The number of nitrogen functional groups attached to an aromatic ring is 1. The lowest BCUT2D eigenvalue weighted by Gasteiger charge is -2.13. The number of hydrogen-bond donors (Lipinski definition) is 1. The first-order valence-electron chi connectivity index (χ1n) is 6.07. The molecule has 0 heterocycles. The molecule has 0 spiro atoms. The van der Waals surface area contributed by atoms with E-state index in [1.165, 1.54) is 19.2 Å². The SMILES string of the molecule is CCCC(C)CS(=O)(=O)c1ccc(N)cc1OC. The van der Waals surface area contributed by atoms with Gasteiger partial charge >= 0.3 is 0 Å². The Kier molecular flexibility index (Phi) is 5.02. The molecular formula is C13H21NO3S. The summed E-state index contributed by atoms with van der Waals surface area (Å²) in [5.41, 5.74) is 6.11. The predicted octanol–water partition coefficient (Wildman–Crippen LogP) is 2.49. The van der Waals surface area contributed by atoms with Gasteiger partial charge in [-0.2, -0.15) is 0 Å². The molecule has 5 heteroatoms. The van der Waals surface area contributed by atoms with Gasteiger partial charge < -0.3 is 10.5 Å². The standard InChI is InChI=1S/C13H21NO3S/c1-4-5-10(2)9-18(15,16)13-7-6-11(14)8-12(13)17-3/h6-8,10H,4-5,9,14H2,1-3H3. The van der Waals surface area contributed by atoms with Crippen molar-refractivity contribution in [2.45, 2.75) is 31.6 Å². The lowest BCUT2D eigenvalue weighted by atomic mass is 10.1. The summed E-state index contributed by atoms with van der Waals surface area (Å²) >= 11 is 0. The zero-order valence-corrected chi connectivity index (χ0v) is 12.0. The van der Waals surface area contributed by atoms with Crippen LogP contribution in [0.5, 0.6) is 5.75 Å². The fourth-order valence-electron chi connectivity index (χ4n) is 1.98. The highest BCUT2D eigenvalue weighted by molar-refractivity contribution is 7.91. The molecule has 0 bridgehead atoms. The van der Waals surface area contributed by atoms with Gasteiger partial charge in [-0.1, -0.05) is 20.3 Å². The fourth-order valence-corrected chi connectivity index (χ4v) is 3.80. The van der Waals surface area contributed by atoms with Crippen molar-refractivity contribution in [3.63, 3.8) is 0 Å². The minimum atomic E-state index is -3.32. The van der Waals surface area contributed by atoms with Crippen molar-refractivity contribution >= 4 is 15.5 Å². The van der Waals surface area contributed by atoms with E-state index in [1.807, 2.05) is 13.8 Å². The molecule has 1 rings (SSSR count). The topological polar surface area (TPSA) is 69.4 Å². The highest BCUT2D eigenvalue weighted by Crippen LogP contribution is 2.28. The Morgan fingerprint density at radius 3 is 2.61 bits per heavy atom. The van der Waals surface area contributed by atoms with Crippen molar-refractivity contribution in [3.05, 3.63) is 18.2 Å². The Hall–Kier alpha value is -1.23. The summed E-state index contributed by atoms with van der Waals surface area (Å²) in [4.78, 5) is 0.224. The zero-order chi connectivity index (χ0) is 13.8. The van der Waals surface area contributed by atoms with Gasteiger partial charge in [-0.15, -0.1) is 0 Å². The molecule has 1 aromatic rings. The zero-order valence-electron chi connectivity index (χ0n) is 11.1. The van der Waals surface area contributed by atoms with Crippen molar-refractivity contribution in [1.82, 2.24) is 0 Å². The van der Waals surface area contributed by atoms with Gasteiger partial charge in [-0.25, -0.2) is 8.42 Å². The van der Waals surface area contributed by atoms with E-state index in [4.69, 9.17) is 10.5 Å². The summed E-state index contributed by atoms with van der Waals surface area (Å²) in [6.07, 6.45) is 1.88. The van der Waals surface area contributed by atoms with Crippen LogP contribution in [0, 0.1) is 5.92 Å². The molecule has 4 nitrogen and oxygen atoms in total. The third-order valence-electron chi connectivity index (χ3n) is 2.81. The molecule has 1 atom stereocenters. The average molecular weight is 271 g/mol. The van der Waals surface area contributed by atoms with Gasteiger partial charge in [0.25, 0.3) is 0 Å². The highest BCUT2D eigenvalue weighted by atomic mass is 32.2. The van der Waals surface area contributed by atoms with Crippen LogP contribution in [0.25, 0.3) is 0 Å². The molecule has 1 aromatic carbocycles. The second-order valence-electron chi connectivity index (χ2n) is 4.59. The van der Waals surface area contributed by atoms with Crippen molar-refractivity contribution in [3.8, 4) is 5.75 Å². The maximum atomic E-state index is 12.3. The molecule has 1 unspecified atom stereocenters. The van der Waals surface area contributed by atoms with Gasteiger partial charge in [0.15, 0.2) is 9.84 Å². The molecule has 102 valence electrons. The molecule has 0 saturated heterocycles. The van der Waals surface area contributed by atoms with Crippen LogP contribution in [0.4, 0.5) is 5.69 Å². The monoisotopic (exact) mass is 271 g/mol. The number of methoxy groups -OCH3 is 1. The smallest absolute Gasteiger partial charge is 0.182 e. The number of anilines is 1. The van der Waals surface area contributed by atoms with Gasteiger partial charge in [-0.3, -0.25) is 0 Å². The quantitative estimate of drug-likeness (QED) is 0.807. The first-order valence-corrected chi connectivity index (χ1v) is 7.72. The van der Waals surface area contributed by atoms with Crippen molar-refractivity contribution in [2.24, 2.45) is 5.92 Å². The number of hydrogen-bond acceptors (Lipinski definition) is 4. The fraction of sp³-hybridized carbons (Fsp3) is 0.538. The Bertz CT molecular complexity index is 497. The number of nitrogens with two attached hydrogens (primary N) is 1. The number of benzene rings is 1. The van der Waals surface area contributed by atoms with Crippen LogP contribution in [-0.4, -0.2) is 21.3 Å². The molecule has 18 heavy (non-hydrogen) atoms. The van der Waals surface area contributed by atoms with Crippen LogP contribution in [0.1, 0.15) is 26.7 Å². The van der Waals surface area contributed by atoms with Gasteiger partial charge in [0.05, 0.1) is 12.9 Å². The normalized spacial score (nSPS) is 13.3. The van der Waals surface area contributed by atoms with Gasteiger partial charge in [0, 0.05) is 11.8 Å². The summed E-state index contributed by atoms with van der Waals surface area (Å²) < 4.78 is 29.7. The molecule has 0 aliphatic heterocycles. The van der Waals surface area contributed by atoms with Gasteiger partial charge in [0.1, 0.15) is 10.6 Å². The van der Waals surface area contributed by atoms with E-state index in [1.54, 1.807) is 6.07 Å². The number of ether oxygens (including phenoxy) is 1. The van der Waals surface area contributed by atoms with E-state index in [2.05, 4.69) is 0 Å². The molecular weight excluding hydrogens is 250 g/mol. The third-order valence-corrected chi connectivity index (χ3v) is 4.82. The molecule has 0 aliphatic rings. The summed E-state index contributed by atoms with van der Waals surface area (Å²) in [6, 6.07) is 4.64. The Morgan fingerprint density at radius 1 is 1.39 bits per heavy atom. The number of rotatable bonds is 6. The van der Waals surface area contributed by atoms with E-state index in [9.17, 15) is 8.42 Å². The minimum absolute atomic E-state index is 0.140. The minimum Gasteiger partial charge on any atom is -0.495 e. The van der Waals surface area contributed by atoms with E-state index in [-0.39, 0.29) is 16.6 Å². The molecule has 0 radical (unpaired) electrons. The average Bonchev–Trinajstić information content (AvgIpc) is 2.27. The molecule has 2 N–H and O–H groups in total. The van der Waals surface area contributed by atoms with Crippen LogP contribution >= 0.6 is 0 Å². The van der Waals surface area contributed by atoms with Crippen LogP contribution < -0.4 is 10.5 Å². The van der Waals surface area contributed by atoms with E-state index in [0.717, 1.165) is 12.8 Å². The maximum absolute atomic E-state index is 12.3. The Morgan fingerprint density at radius 2 is 2.06 bits per heavy atom. The molecule has 0 aliphatic carbocycles. The second-order valence-corrected chi connectivity index (χ2v) is 6.59. The highest BCUT2D eigenvalue weighted by Gasteiger charge is 2.22. The van der Waals surface area contributed by atoms with Crippen molar-refractivity contribution < 1.29 is 13.2 Å². The summed E-state index contributed by atoms with van der Waals surface area (Å²) in [5.74, 6) is 0.599. The summed E-state index contributed by atoms with van der Waals surface area (Å²) in [7, 11) is -1.87. The van der Waals surface area contributed by atoms with Gasteiger partial charge in [0.2, 0.25) is 0 Å². The van der Waals surface area contributed by atoms with Crippen LogP contribution in [0.15, 0.2) is 23.1 Å². The van der Waals surface area contributed by atoms with Gasteiger partial charge in [-0.05, 0) is 24.5 Å². The second kappa shape index (κ2) is 6.09. The largest absolute Gasteiger partial charge is 0.495 e. The Labute approximate surface area is 109 Å². The van der Waals surface area contributed by atoms with Crippen LogP contribution in [0.3, 0.4) is 0 Å². The molecule has 0 amide bonds. The third kappa shape index (κ3) is 3.63. The van der Waals surface area contributed by atoms with E-state index >= 15 is 0 Å². The molecule has 0 aromatic heterocycles. The Balaban J connectivity index is 3.05. The number of sulfone groups is 1. The predicted molar refractivity (Wildman–Crippen MR) is 73.5 cm³/mol. The lowest BCUT2D eigenvalue weighted by molar-refractivity contribution is 0.402. The first-order chi connectivity index (χ1) is 8.40. The summed E-state index contributed by atoms with van der Waals surface area (Å²) in [6.45, 7) is 4.00. The van der Waals surface area contributed by atoms with E-state index < -0.39 is 9.84 Å². The van der Waals surface area contributed by atoms with Crippen molar-refractivity contribution in [2.75, 3.05) is 18.6 Å². The molecule has 0 fully saturated rings. The maximum Gasteiger partial charge on any atom is 0.182 e. The van der Waals surface area contributed by atoms with Crippen LogP contribution in [-0.2, 0) is 9.84 Å².